The molecule has 2 rings (SSSR count). The van der Waals surface area contributed by atoms with Crippen molar-refractivity contribution in [2.24, 2.45) is 0 Å². The second-order valence-electron chi connectivity index (χ2n) is 4.28. The monoisotopic (exact) mass is 319 g/mol. The van der Waals surface area contributed by atoms with Gasteiger partial charge in [-0.3, -0.25) is 0 Å². The summed E-state index contributed by atoms with van der Waals surface area (Å²) in [5, 5.41) is 3.32. The van der Waals surface area contributed by atoms with Crippen LogP contribution >= 0.6 is 15.9 Å². The van der Waals surface area contributed by atoms with Gasteiger partial charge in [0.25, 0.3) is 0 Å². The summed E-state index contributed by atoms with van der Waals surface area (Å²) in [5.74, 6) is 0.924. The maximum absolute atomic E-state index is 5.68. The second kappa shape index (κ2) is 7.19. The molecule has 0 radical (unpaired) electrons. The van der Waals surface area contributed by atoms with Gasteiger partial charge in [0.1, 0.15) is 12.4 Å². The number of hydrogen-bond acceptors (Lipinski definition) is 2. The fourth-order valence-corrected chi connectivity index (χ4v) is 2.18. The van der Waals surface area contributed by atoms with Crippen molar-refractivity contribution in [3.05, 3.63) is 58.6 Å². The molecule has 100 valence electrons. The van der Waals surface area contributed by atoms with Crippen LogP contribution < -0.4 is 10.1 Å². The summed E-state index contributed by atoms with van der Waals surface area (Å²) < 4.78 is 6.76. The molecular weight excluding hydrogens is 302 g/mol. The van der Waals surface area contributed by atoms with Gasteiger partial charge in [-0.15, -0.1) is 0 Å². The van der Waals surface area contributed by atoms with Crippen molar-refractivity contribution < 1.29 is 4.74 Å². The first kappa shape index (κ1) is 13.9. The molecule has 0 aromatic heterocycles. The van der Waals surface area contributed by atoms with Crippen molar-refractivity contribution in [1.82, 2.24) is 0 Å². The first-order valence-corrected chi connectivity index (χ1v) is 7.28. The molecule has 19 heavy (non-hydrogen) atoms. The van der Waals surface area contributed by atoms with Gasteiger partial charge in [-0.2, -0.15) is 0 Å². The minimum Gasteiger partial charge on any atom is -0.492 e. The van der Waals surface area contributed by atoms with E-state index in [1.165, 1.54) is 5.56 Å². The van der Waals surface area contributed by atoms with Crippen LogP contribution in [0, 0.1) is 0 Å². The second-order valence-corrected chi connectivity index (χ2v) is 5.20. The predicted molar refractivity (Wildman–Crippen MR) is 83.9 cm³/mol. The Morgan fingerprint density at radius 1 is 1.11 bits per heavy atom. The Kier molecular flexibility index (Phi) is 5.28. The van der Waals surface area contributed by atoms with Gasteiger partial charge in [0.15, 0.2) is 0 Å². The lowest BCUT2D eigenvalue weighted by Gasteiger charge is -2.09. The van der Waals surface area contributed by atoms with E-state index in [0.29, 0.717) is 6.61 Å². The van der Waals surface area contributed by atoms with Crippen LogP contribution in [0.1, 0.15) is 12.5 Å². The summed E-state index contributed by atoms with van der Waals surface area (Å²) in [7, 11) is 0. The van der Waals surface area contributed by atoms with E-state index in [9.17, 15) is 0 Å². The van der Waals surface area contributed by atoms with E-state index in [2.05, 4.69) is 46.4 Å². The summed E-state index contributed by atoms with van der Waals surface area (Å²) in [6.45, 7) is 3.59. The fraction of sp³-hybridized carbons (Fsp3) is 0.250. The number of aryl methyl sites for hydroxylation is 1. The number of anilines is 1. The molecule has 0 fully saturated rings. The van der Waals surface area contributed by atoms with Crippen LogP contribution in [0.4, 0.5) is 5.69 Å². The molecular formula is C16H18BrNO. The molecule has 1 N–H and O–H groups in total. The van der Waals surface area contributed by atoms with Gasteiger partial charge < -0.3 is 10.1 Å². The van der Waals surface area contributed by atoms with Crippen LogP contribution in [0.2, 0.25) is 0 Å². The summed E-state index contributed by atoms with van der Waals surface area (Å²) in [6.07, 6.45) is 1.06. The summed E-state index contributed by atoms with van der Waals surface area (Å²) in [5.41, 5.74) is 2.43. The van der Waals surface area contributed by atoms with Crippen LogP contribution in [0.5, 0.6) is 5.75 Å². The number of benzene rings is 2. The first-order valence-electron chi connectivity index (χ1n) is 6.49. The minimum atomic E-state index is 0.651. The average molecular weight is 320 g/mol. The van der Waals surface area contributed by atoms with Crippen LogP contribution in [0.25, 0.3) is 0 Å². The van der Waals surface area contributed by atoms with E-state index in [1.54, 1.807) is 0 Å². The van der Waals surface area contributed by atoms with Crippen LogP contribution in [-0.4, -0.2) is 13.2 Å². The van der Waals surface area contributed by atoms with Crippen LogP contribution in [0.15, 0.2) is 53.0 Å². The molecule has 3 heteroatoms. The summed E-state index contributed by atoms with van der Waals surface area (Å²) >= 11 is 3.45. The van der Waals surface area contributed by atoms with Crippen molar-refractivity contribution in [3.63, 3.8) is 0 Å². The molecule has 0 amide bonds. The third kappa shape index (κ3) is 4.60. The van der Waals surface area contributed by atoms with Gasteiger partial charge >= 0.3 is 0 Å². The zero-order valence-corrected chi connectivity index (χ0v) is 12.6. The zero-order valence-electron chi connectivity index (χ0n) is 11.0. The minimum absolute atomic E-state index is 0.651. The van der Waals surface area contributed by atoms with Crippen LogP contribution in [0.3, 0.4) is 0 Å². The molecule has 0 atom stereocenters. The Hall–Kier alpha value is -1.48. The smallest absolute Gasteiger partial charge is 0.119 e. The topological polar surface area (TPSA) is 21.3 Å². The van der Waals surface area contributed by atoms with Crippen molar-refractivity contribution in [1.29, 1.82) is 0 Å². The van der Waals surface area contributed by atoms with Gasteiger partial charge in [0.2, 0.25) is 0 Å². The van der Waals surface area contributed by atoms with Gasteiger partial charge in [-0.25, -0.2) is 0 Å². The van der Waals surface area contributed by atoms with Gasteiger partial charge in [-0.05, 0) is 42.3 Å². The molecule has 0 unspecified atom stereocenters. The van der Waals surface area contributed by atoms with E-state index in [1.807, 2.05) is 30.3 Å². The maximum Gasteiger partial charge on any atom is 0.119 e. The lowest BCUT2D eigenvalue weighted by Crippen LogP contribution is -2.11. The van der Waals surface area contributed by atoms with E-state index in [4.69, 9.17) is 4.74 Å². The van der Waals surface area contributed by atoms with Crippen molar-refractivity contribution in [2.75, 3.05) is 18.5 Å². The Morgan fingerprint density at radius 2 is 1.89 bits per heavy atom. The normalized spacial score (nSPS) is 10.2. The largest absolute Gasteiger partial charge is 0.492 e. The van der Waals surface area contributed by atoms with Crippen molar-refractivity contribution >= 4 is 21.6 Å². The Labute approximate surface area is 122 Å². The van der Waals surface area contributed by atoms with Crippen molar-refractivity contribution in [3.8, 4) is 5.75 Å². The quantitative estimate of drug-likeness (QED) is 0.791. The number of rotatable bonds is 6. The van der Waals surface area contributed by atoms with Crippen LogP contribution in [-0.2, 0) is 6.42 Å². The average Bonchev–Trinajstić information content (AvgIpc) is 2.44. The molecule has 0 aliphatic carbocycles. The fourth-order valence-electron chi connectivity index (χ4n) is 1.78. The van der Waals surface area contributed by atoms with E-state index < -0.39 is 0 Å². The Morgan fingerprint density at radius 3 is 2.58 bits per heavy atom. The van der Waals surface area contributed by atoms with Gasteiger partial charge in [0, 0.05) is 16.7 Å². The number of nitrogens with one attached hydrogen (secondary N) is 1. The Balaban J connectivity index is 1.74. The Bertz CT molecular complexity index is 510. The van der Waals surface area contributed by atoms with Gasteiger partial charge in [0.05, 0.1) is 0 Å². The molecule has 2 nitrogen and oxygen atoms in total. The molecule has 2 aromatic carbocycles. The standard InChI is InChI=1S/C16H18BrNO/c1-2-13-6-8-16(9-7-13)19-11-10-18-15-5-3-4-14(17)12-15/h3-9,12,18H,2,10-11H2,1H3. The van der Waals surface area contributed by atoms with Crippen molar-refractivity contribution in [2.45, 2.75) is 13.3 Å². The number of ether oxygens (including phenoxy) is 1. The molecule has 0 heterocycles. The molecule has 0 aliphatic rings. The highest BCUT2D eigenvalue weighted by atomic mass is 79.9. The van der Waals surface area contributed by atoms with E-state index in [0.717, 1.165) is 28.9 Å². The van der Waals surface area contributed by atoms with E-state index in [-0.39, 0.29) is 0 Å². The highest BCUT2D eigenvalue weighted by Crippen LogP contribution is 2.15. The SMILES string of the molecule is CCc1ccc(OCCNc2cccc(Br)c2)cc1. The summed E-state index contributed by atoms with van der Waals surface area (Å²) in [6, 6.07) is 16.4. The molecule has 0 saturated heterocycles. The molecule has 0 saturated carbocycles. The molecule has 0 spiro atoms. The summed E-state index contributed by atoms with van der Waals surface area (Å²) in [4.78, 5) is 0. The zero-order chi connectivity index (χ0) is 13.5. The molecule has 0 aliphatic heterocycles. The predicted octanol–water partition coefficient (Wildman–Crippen LogP) is 4.50. The lowest BCUT2D eigenvalue weighted by molar-refractivity contribution is 0.333. The molecule has 2 aromatic rings. The number of halogens is 1. The highest BCUT2D eigenvalue weighted by Gasteiger charge is 1.95. The van der Waals surface area contributed by atoms with Gasteiger partial charge in [-0.1, -0.05) is 41.1 Å². The maximum atomic E-state index is 5.68. The number of hydrogen-bond donors (Lipinski definition) is 1. The highest BCUT2D eigenvalue weighted by molar-refractivity contribution is 9.10. The molecule has 0 bridgehead atoms. The third-order valence-electron chi connectivity index (χ3n) is 2.86. The third-order valence-corrected chi connectivity index (χ3v) is 3.35. The lowest BCUT2D eigenvalue weighted by atomic mass is 10.2. The first-order chi connectivity index (χ1) is 9.28. The van der Waals surface area contributed by atoms with E-state index >= 15 is 0 Å².